The van der Waals surface area contributed by atoms with Gasteiger partial charge < -0.3 is 15.1 Å². The van der Waals surface area contributed by atoms with Gasteiger partial charge in [0.1, 0.15) is 0 Å². The van der Waals surface area contributed by atoms with E-state index in [9.17, 15) is 4.79 Å². The van der Waals surface area contributed by atoms with Crippen LogP contribution in [-0.2, 0) is 4.79 Å². The third-order valence-corrected chi connectivity index (χ3v) is 7.49. The lowest BCUT2D eigenvalue weighted by molar-refractivity contribution is -0.113. The first kappa shape index (κ1) is 22.8. The summed E-state index contributed by atoms with van der Waals surface area (Å²) >= 11 is 1.43. The maximum atomic E-state index is 12.8. The first-order valence-corrected chi connectivity index (χ1v) is 13.2. The summed E-state index contributed by atoms with van der Waals surface area (Å²) in [6.45, 7) is 6.26. The number of anilines is 3. The van der Waals surface area contributed by atoms with Crippen molar-refractivity contribution in [1.82, 2.24) is 14.8 Å². The summed E-state index contributed by atoms with van der Waals surface area (Å²) in [4.78, 5) is 17.5. The molecule has 7 nitrogen and oxygen atoms in total. The van der Waals surface area contributed by atoms with Gasteiger partial charge in [-0.05, 0) is 74.9 Å². The molecule has 3 heterocycles. The standard InChI is InChI=1S/C26H32N6OS/c1-20-18-22(30-14-8-9-15-30)12-13-23(20)27-24(33)19-34-26-29-28-25(31-16-6-3-7-17-31)32(26)21-10-4-2-5-11-21/h2,4-5,10-13,18H,3,6-9,14-17,19H2,1H3,(H,27,33). The highest BCUT2D eigenvalue weighted by atomic mass is 32.2. The third-order valence-electron chi connectivity index (χ3n) is 6.56. The number of thioether (sulfide) groups is 1. The number of nitrogens with zero attached hydrogens (tertiary/aromatic N) is 5. The number of benzene rings is 2. The number of aromatic nitrogens is 3. The highest BCUT2D eigenvalue weighted by Gasteiger charge is 2.22. The number of amides is 1. The molecule has 0 unspecified atom stereocenters. The minimum absolute atomic E-state index is 0.0378. The van der Waals surface area contributed by atoms with Crippen LogP contribution in [0.3, 0.4) is 0 Å². The van der Waals surface area contributed by atoms with E-state index in [1.165, 1.54) is 49.6 Å². The fourth-order valence-electron chi connectivity index (χ4n) is 4.73. The second kappa shape index (κ2) is 10.5. The maximum absolute atomic E-state index is 12.8. The predicted octanol–water partition coefficient (Wildman–Crippen LogP) is 4.90. The first-order chi connectivity index (χ1) is 16.7. The molecule has 0 spiro atoms. The zero-order valence-electron chi connectivity index (χ0n) is 19.7. The minimum Gasteiger partial charge on any atom is -0.372 e. The van der Waals surface area contributed by atoms with Crippen molar-refractivity contribution in [3.8, 4) is 5.69 Å². The van der Waals surface area contributed by atoms with E-state index >= 15 is 0 Å². The van der Waals surface area contributed by atoms with Gasteiger partial charge >= 0.3 is 0 Å². The van der Waals surface area contributed by atoms with Gasteiger partial charge in [0, 0.05) is 37.6 Å². The van der Waals surface area contributed by atoms with Crippen molar-refractivity contribution in [1.29, 1.82) is 0 Å². The molecule has 34 heavy (non-hydrogen) atoms. The number of hydrogen-bond acceptors (Lipinski definition) is 6. The van der Waals surface area contributed by atoms with Gasteiger partial charge in [-0.2, -0.15) is 0 Å². The van der Waals surface area contributed by atoms with Crippen molar-refractivity contribution in [2.24, 2.45) is 0 Å². The molecule has 1 amide bonds. The first-order valence-electron chi connectivity index (χ1n) is 12.2. The fraction of sp³-hybridized carbons (Fsp3) is 0.423. The second-order valence-corrected chi connectivity index (χ2v) is 9.97. The highest BCUT2D eigenvalue weighted by molar-refractivity contribution is 7.99. The molecule has 178 valence electrons. The number of nitrogens with one attached hydrogen (secondary N) is 1. The van der Waals surface area contributed by atoms with Crippen LogP contribution in [0.25, 0.3) is 5.69 Å². The molecular weight excluding hydrogens is 444 g/mol. The summed E-state index contributed by atoms with van der Waals surface area (Å²) in [6.07, 6.45) is 6.10. The molecule has 1 N–H and O–H groups in total. The lowest BCUT2D eigenvalue weighted by atomic mass is 10.1. The molecule has 2 fully saturated rings. The molecule has 0 aliphatic carbocycles. The Labute approximate surface area is 205 Å². The van der Waals surface area contributed by atoms with E-state index in [-0.39, 0.29) is 11.7 Å². The monoisotopic (exact) mass is 476 g/mol. The van der Waals surface area contributed by atoms with E-state index in [2.05, 4.69) is 61.1 Å². The van der Waals surface area contributed by atoms with Gasteiger partial charge in [0.15, 0.2) is 5.16 Å². The molecule has 5 rings (SSSR count). The van der Waals surface area contributed by atoms with Gasteiger partial charge in [0.25, 0.3) is 0 Å². The molecule has 1 aromatic heterocycles. The summed E-state index contributed by atoms with van der Waals surface area (Å²) in [7, 11) is 0. The molecule has 3 aromatic rings. The van der Waals surface area contributed by atoms with Crippen molar-refractivity contribution in [3.05, 3.63) is 54.1 Å². The van der Waals surface area contributed by atoms with E-state index in [1.807, 2.05) is 24.3 Å². The quantitative estimate of drug-likeness (QED) is 0.490. The molecule has 0 atom stereocenters. The molecule has 2 saturated heterocycles. The van der Waals surface area contributed by atoms with E-state index in [0.717, 1.165) is 54.2 Å². The van der Waals surface area contributed by atoms with E-state index < -0.39 is 0 Å². The number of aryl methyl sites for hydroxylation is 1. The van der Waals surface area contributed by atoms with E-state index in [0.29, 0.717) is 0 Å². The molecule has 0 bridgehead atoms. The minimum atomic E-state index is -0.0378. The molecule has 2 aliphatic heterocycles. The van der Waals surface area contributed by atoms with Crippen molar-refractivity contribution in [2.75, 3.05) is 47.0 Å². The van der Waals surface area contributed by atoms with Crippen LogP contribution in [0.2, 0.25) is 0 Å². The Hall–Kier alpha value is -3.00. The summed E-state index contributed by atoms with van der Waals surface area (Å²) < 4.78 is 2.08. The smallest absolute Gasteiger partial charge is 0.234 e. The maximum Gasteiger partial charge on any atom is 0.234 e. The topological polar surface area (TPSA) is 66.3 Å². The van der Waals surface area contributed by atoms with Gasteiger partial charge in [-0.25, -0.2) is 0 Å². The van der Waals surface area contributed by atoms with Crippen LogP contribution in [0.5, 0.6) is 0 Å². The van der Waals surface area contributed by atoms with Gasteiger partial charge in [-0.3, -0.25) is 9.36 Å². The molecular formula is C26H32N6OS. The van der Waals surface area contributed by atoms with E-state index in [4.69, 9.17) is 0 Å². The largest absolute Gasteiger partial charge is 0.372 e. The average molecular weight is 477 g/mol. The summed E-state index contributed by atoms with van der Waals surface area (Å²) in [5, 5.41) is 12.8. The summed E-state index contributed by atoms with van der Waals surface area (Å²) in [5.41, 5.74) is 4.21. The van der Waals surface area contributed by atoms with Crippen LogP contribution in [0.4, 0.5) is 17.3 Å². The van der Waals surface area contributed by atoms with Crippen LogP contribution < -0.4 is 15.1 Å². The molecule has 8 heteroatoms. The Morgan fingerprint density at radius 2 is 1.59 bits per heavy atom. The normalized spacial score (nSPS) is 16.1. The Balaban J connectivity index is 1.28. The number of hydrogen-bond donors (Lipinski definition) is 1. The number of carbonyl (C=O) groups is 1. The zero-order valence-corrected chi connectivity index (χ0v) is 20.6. The van der Waals surface area contributed by atoms with Crippen molar-refractivity contribution >= 4 is 35.0 Å². The van der Waals surface area contributed by atoms with Crippen molar-refractivity contribution < 1.29 is 4.79 Å². The highest BCUT2D eigenvalue weighted by Crippen LogP contribution is 2.29. The lowest BCUT2D eigenvalue weighted by Crippen LogP contribution is -2.31. The number of piperidine rings is 1. The van der Waals surface area contributed by atoms with Crippen LogP contribution in [0.1, 0.15) is 37.7 Å². The molecule has 2 aromatic carbocycles. The van der Waals surface area contributed by atoms with Crippen molar-refractivity contribution in [2.45, 2.75) is 44.2 Å². The van der Waals surface area contributed by atoms with Crippen molar-refractivity contribution in [3.63, 3.8) is 0 Å². The lowest BCUT2D eigenvalue weighted by Gasteiger charge is -2.27. The summed E-state index contributed by atoms with van der Waals surface area (Å²) in [5.74, 6) is 1.10. The molecule has 0 radical (unpaired) electrons. The van der Waals surface area contributed by atoms with Crippen LogP contribution >= 0.6 is 11.8 Å². The Morgan fingerprint density at radius 1 is 0.882 bits per heavy atom. The van der Waals surface area contributed by atoms with Gasteiger partial charge in [-0.1, -0.05) is 30.0 Å². The number of para-hydroxylation sites is 1. The fourth-order valence-corrected chi connectivity index (χ4v) is 5.48. The predicted molar refractivity (Wildman–Crippen MR) is 139 cm³/mol. The van der Waals surface area contributed by atoms with E-state index in [1.54, 1.807) is 0 Å². The Kier molecular flexibility index (Phi) is 7.04. The van der Waals surface area contributed by atoms with Gasteiger partial charge in [0.05, 0.1) is 11.4 Å². The second-order valence-electron chi connectivity index (χ2n) is 9.03. The van der Waals surface area contributed by atoms with Gasteiger partial charge in [-0.15, -0.1) is 10.2 Å². The number of rotatable bonds is 7. The average Bonchev–Trinajstić information content (AvgIpc) is 3.56. The SMILES string of the molecule is Cc1cc(N2CCCC2)ccc1NC(=O)CSc1nnc(N2CCCCC2)n1-c1ccccc1. The van der Waals surface area contributed by atoms with Crippen LogP contribution in [-0.4, -0.2) is 52.6 Å². The third kappa shape index (κ3) is 5.06. The zero-order chi connectivity index (χ0) is 23.3. The number of carbonyl (C=O) groups excluding carboxylic acids is 1. The van der Waals surface area contributed by atoms with Crippen LogP contribution in [0.15, 0.2) is 53.7 Å². The Morgan fingerprint density at radius 3 is 2.32 bits per heavy atom. The molecule has 0 saturated carbocycles. The molecule has 2 aliphatic rings. The summed E-state index contributed by atoms with van der Waals surface area (Å²) in [6, 6.07) is 16.5. The van der Waals surface area contributed by atoms with Gasteiger partial charge in [0.2, 0.25) is 11.9 Å². The van der Waals surface area contributed by atoms with Crippen LogP contribution in [0, 0.1) is 6.92 Å². The Bertz CT molecular complexity index is 1120.